The number of rotatable bonds is 4. The van der Waals surface area contributed by atoms with Crippen molar-refractivity contribution in [3.05, 3.63) is 41.6 Å². The van der Waals surface area contributed by atoms with Crippen LogP contribution in [0.4, 0.5) is 11.8 Å². The number of fused-ring (bicyclic) bond motifs is 1. The van der Waals surface area contributed by atoms with E-state index in [1.165, 1.54) is 11.1 Å². The molecule has 0 bridgehead atoms. The maximum absolute atomic E-state index is 4.83. The molecule has 3 heterocycles. The fourth-order valence-electron chi connectivity index (χ4n) is 3.30. The van der Waals surface area contributed by atoms with Gasteiger partial charge in [0.1, 0.15) is 5.82 Å². The molecule has 7 nitrogen and oxygen atoms in total. The van der Waals surface area contributed by atoms with Crippen LogP contribution in [0.15, 0.2) is 30.5 Å². The molecule has 1 aliphatic rings. The Morgan fingerprint density at radius 1 is 1.07 bits per heavy atom. The number of halogens is 1. The number of hydrogen-bond acceptors (Lipinski definition) is 6. The van der Waals surface area contributed by atoms with Gasteiger partial charge in [-0.1, -0.05) is 29.8 Å². The molecule has 144 valence electrons. The third-order valence-electron chi connectivity index (χ3n) is 4.91. The molecule has 0 atom stereocenters. The second kappa shape index (κ2) is 8.10. The van der Waals surface area contributed by atoms with Gasteiger partial charge in [0.15, 0.2) is 5.65 Å². The smallest absolute Gasteiger partial charge is 0.229 e. The zero-order chi connectivity index (χ0) is 18.1. The fraction of sp³-hybridized carbons (Fsp3) is 0.421. The minimum Gasteiger partial charge on any atom is -0.365 e. The lowest BCUT2D eigenvalue weighted by Crippen LogP contribution is -2.45. The number of nitrogens with zero attached hydrogens (tertiary/aromatic N) is 6. The van der Waals surface area contributed by atoms with E-state index in [4.69, 9.17) is 9.97 Å². The predicted octanol–water partition coefficient (Wildman–Crippen LogP) is 2.46. The standard InChI is InChI=1S/C19H25N7.ClH/c1-14-5-4-6-15(11-14)12-20-17-16-13-21-25(3)18(16)23-19(22-17)26-9-7-24(2)8-10-26;/h4-6,11,13H,7-10,12H2,1-3H3,(H,20,22,23);1H. The van der Waals surface area contributed by atoms with Crippen LogP contribution in [-0.4, -0.2) is 57.9 Å². The van der Waals surface area contributed by atoms with E-state index >= 15 is 0 Å². The van der Waals surface area contributed by atoms with Crippen molar-refractivity contribution in [2.24, 2.45) is 7.05 Å². The molecule has 0 aliphatic carbocycles. The molecular weight excluding hydrogens is 362 g/mol. The van der Waals surface area contributed by atoms with Gasteiger partial charge in [0.25, 0.3) is 0 Å². The van der Waals surface area contributed by atoms with Crippen LogP contribution >= 0.6 is 12.4 Å². The number of aryl methyl sites for hydroxylation is 2. The maximum atomic E-state index is 4.83. The molecule has 1 fully saturated rings. The molecule has 1 saturated heterocycles. The SMILES string of the molecule is Cc1cccc(CNc2nc(N3CCN(C)CC3)nc3c2cnn3C)c1.Cl. The summed E-state index contributed by atoms with van der Waals surface area (Å²) >= 11 is 0. The Hall–Kier alpha value is -2.38. The summed E-state index contributed by atoms with van der Waals surface area (Å²) in [5, 5.41) is 8.82. The second-order valence-electron chi connectivity index (χ2n) is 7.01. The highest BCUT2D eigenvalue weighted by Gasteiger charge is 2.19. The van der Waals surface area contributed by atoms with Gasteiger partial charge >= 0.3 is 0 Å². The summed E-state index contributed by atoms with van der Waals surface area (Å²) in [5.74, 6) is 1.62. The van der Waals surface area contributed by atoms with Crippen LogP contribution in [0, 0.1) is 6.92 Å². The fourth-order valence-corrected chi connectivity index (χ4v) is 3.30. The molecule has 0 amide bonds. The zero-order valence-electron chi connectivity index (χ0n) is 16.0. The lowest BCUT2D eigenvalue weighted by molar-refractivity contribution is 0.311. The van der Waals surface area contributed by atoms with Crippen molar-refractivity contribution in [2.75, 3.05) is 43.4 Å². The highest BCUT2D eigenvalue weighted by molar-refractivity contribution is 5.87. The average molecular weight is 388 g/mol. The number of likely N-dealkylation sites (N-methyl/N-ethyl adjacent to an activating group) is 1. The molecule has 0 spiro atoms. The molecule has 3 aromatic rings. The Morgan fingerprint density at radius 2 is 1.85 bits per heavy atom. The van der Waals surface area contributed by atoms with E-state index in [1.54, 1.807) is 0 Å². The topological polar surface area (TPSA) is 62.1 Å². The summed E-state index contributed by atoms with van der Waals surface area (Å²) in [7, 11) is 4.07. The maximum Gasteiger partial charge on any atom is 0.229 e. The van der Waals surface area contributed by atoms with E-state index in [1.807, 2.05) is 17.9 Å². The summed E-state index contributed by atoms with van der Waals surface area (Å²) < 4.78 is 1.81. The minimum absolute atomic E-state index is 0. The van der Waals surface area contributed by atoms with Crippen molar-refractivity contribution < 1.29 is 0 Å². The quantitative estimate of drug-likeness (QED) is 0.742. The van der Waals surface area contributed by atoms with Gasteiger partial charge in [-0.05, 0) is 19.5 Å². The van der Waals surface area contributed by atoms with Gasteiger partial charge in [0.05, 0.1) is 11.6 Å². The molecule has 0 saturated carbocycles. The molecule has 8 heteroatoms. The molecule has 0 radical (unpaired) electrons. The van der Waals surface area contributed by atoms with Gasteiger partial charge in [-0.25, -0.2) is 0 Å². The van der Waals surface area contributed by atoms with E-state index in [0.29, 0.717) is 0 Å². The first-order valence-electron chi connectivity index (χ1n) is 9.03. The Balaban J connectivity index is 0.00000210. The van der Waals surface area contributed by atoms with Gasteiger partial charge in [0, 0.05) is 39.8 Å². The molecule has 0 unspecified atom stereocenters. The lowest BCUT2D eigenvalue weighted by Gasteiger charge is -2.32. The van der Waals surface area contributed by atoms with Crippen LogP contribution in [0.5, 0.6) is 0 Å². The average Bonchev–Trinajstić information content (AvgIpc) is 3.02. The number of anilines is 2. The number of hydrogen-bond donors (Lipinski definition) is 1. The minimum atomic E-state index is 0. The van der Waals surface area contributed by atoms with Gasteiger partial charge < -0.3 is 15.1 Å². The van der Waals surface area contributed by atoms with Crippen molar-refractivity contribution in [2.45, 2.75) is 13.5 Å². The van der Waals surface area contributed by atoms with Crippen molar-refractivity contribution in [3.8, 4) is 0 Å². The normalized spacial score (nSPS) is 15.0. The highest BCUT2D eigenvalue weighted by atomic mass is 35.5. The molecule has 2 aromatic heterocycles. The first-order valence-corrected chi connectivity index (χ1v) is 9.03. The Labute approximate surface area is 165 Å². The second-order valence-corrected chi connectivity index (χ2v) is 7.01. The Morgan fingerprint density at radius 3 is 2.59 bits per heavy atom. The highest BCUT2D eigenvalue weighted by Crippen LogP contribution is 2.24. The van der Waals surface area contributed by atoms with Crippen LogP contribution in [0.25, 0.3) is 11.0 Å². The van der Waals surface area contributed by atoms with Gasteiger partial charge in [-0.15, -0.1) is 12.4 Å². The van der Waals surface area contributed by atoms with Crippen molar-refractivity contribution >= 4 is 35.2 Å². The summed E-state index contributed by atoms with van der Waals surface area (Å²) in [6, 6.07) is 8.51. The Kier molecular flexibility index (Phi) is 5.82. The number of piperazine rings is 1. The summed E-state index contributed by atoms with van der Waals surface area (Å²) in [6.45, 7) is 6.77. The third-order valence-corrected chi connectivity index (χ3v) is 4.91. The van der Waals surface area contributed by atoms with E-state index < -0.39 is 0 Å². The van der Waals surface area contributed by atoms with Crippen LogP contribution < -0.4 is 10.2 Å². The zero-order valence-corrected chi connectivity index (χ0v) is 16.8. The largest absolute Gasteiger partial charge is 0.365 e. The van der Waals surface area contributed by atoms with E-state index in [-0.39, 0.29) is 12.4 Å². The van der Waals surface area contributed by atoms with Crippen LogP contribution in [0.3, 0.4) is 0 Å². The van der Waals surface area contributed by atoms with Crippen molar-refractivity contribution in [3.63, 3.8) is 0 Å². The number of aromatic nitrogens is 4. The number of nitrogens with one attached hydrogen (secondary N) is 1. The monoisotopic (exact) mass is 387 g/mol. The predicted molar refractivity (Wildman–Crippen MR) is 112 cm³/mol. The van der Waals surface area contributed by atoms with Gasteiger partial charge in [-0.3, -0.25) is 4.68 Å². The van der Waals surface area contributed by atoms with Crippen LogP contribution in [0.1, 0.15) is 11.1 Å². The molecule has 1 N–H and O–H groups in total. The molecular formula is C19H26ClN7. The molecule has 4 rings (SSSR count). The summed E-state index contributed by atoms with van der Waals surface area (Å²) in [5.41, 5.74) is 3.36. The van der Waals surface area contributed by atoms with Crippen LogP contribution in [-0.2, 0) is 13.6 Å². The van der Waals surface area contributed by atoms with E-state index in [2.05, 4.69) is 58.5 Å². The molecule has 1 aromatic carbocycles. The van der Waals surface area contributed by atoms with E-state index in [9.17, 15) is 0 Å². The summed E-state index contributed by atoms with van der Waals surface area (Å²) in [4.78, 5) is 14.2. The van der Waals surface area contributed by atoms with Gasteiger partial charge in [0.2, 0.25) is 5.95 Å². The first-order chi connectivity index (χ1) is 12.6. The van der Waals surface area contributed by atoms with Crippen LogP contribution in [0.2, 0.25) is 0 Å². The number of benzene rings is 1. The van der Waals surface area contributed by atoms with E-state index in [0.717, 1.165) is 55.5 Å². The Bertz CT molecular complexity index is 916. The van der Waals surface area contributed by atoms with Crippen molar-refractivity contribution in [1.82, 2.24) is 24.6 Å². The lowest BCUT2D eigenvalue weighted by atomic mass is 10.1. The van der Waals surface area contributed by atoms with Gasteiger partial charge in [-0.2, -0.15) is 15.1 Å². The molecule has 27 heavy (non-hydrogen) atoms. The third kappa shape index (κ3) is 4.14. The van der Waals surface area contributed by atoms with Crippen molar-refractivity contribution in [1.29, 1.82) is 0 Å². The summed E-state index contributed by atoms with van der Waals surface area (Å²) in [6.07, 6.45) is 1.83. The molecule has 1 aliphatic heterocycles. The first kappa shape index (κ1) is 19.4.